The Kier molecular flexibility index (Phi) is 2.21. The second kappa shape index (κ2) is 3.53. The number of fused-ring (bicyclic) bond motifs is 1. The number of aromatic nitrogens is 2. The van der Waals surface area contributed by atoms with Crippen LogP contribution in [-0.2, 0) is 9.53 Å². The molecule has 0 unspecified atom stereocenters. The molecule has 0 bridgehead atoms. The molecule has 0 amide bonds. The van der Waals surface area contributed by atoms with Crippen LogP contribution in [0.2, 0.25) is 0 Å². The molecule has 0 saturated heterocycles. The maximum absolute atomic E-state index is 11.5. The van der Waals surface area contributed by atoms with Gasteiger partial charge in [0.25, 0.3) is 0 Å². The molecule has 0 aliphatic rings. The molecule has 1 N–H and O–H groups in total. The molecule has 0 radical (unpaired) electrons. The number of benzene rings is 1. The van der Waals surface area contributed by atoms with Crippen molar-refractivity contribution in [3.63, 3.8) is 0 Å². The Hall–Kier alpha value is -2.17. The van der Waals surface area contributed by atoms with E-state index in [9.17, 15) is 9.59 Å². The number of H-pyrrole nitrogens is 1. The zero-order valence-electron chi connectivity index (χ0n) is 7.98. The number of hydrogen-bond donors (Lipinski definition) is 1. The quantitative estimate of drug-likeness (QED) is 0.560. The van der Waals surface area contributed by atoms with Crippen molar-refractivity contribution >= 4 is 22.8 Å². The molecule has 2 rings (SSSR count). The molecule has 15 heavy (non-hydrogen) atoms. The number of nitrogens with zero attached hydrogens (tertiary/aromatic N) is 1. The van der Waals surface area contributed by atoms with Crippen LogP contribution in [0.3, 0.4) is 0 Å². The van der Waals surface area contributed by atoms with Gasteiger partial charge in [0.1, 0.15) is 0 Å². The fourth-order valence-corrected chi connectivity index (χ4v) is 1.32. The highest BCUT2D eigenvalue weighted by Gasteiger charge is 2.13. The largest absolute Gasteiger partial charge is 0.390 e. The number of para-hydroxylation sites is 1. The lowest BCUT2D eigenvalue weighted by Crippen LogP contribution is -2.09. The van der Waals surface area contributed by atoms with Gasteiger partial charge in [-0.15, -0.1) is 0 Å². The highest BCUT2D eigenvalue weighted by atomic mass is 16.6. The third-order valence-corrected chi connectivity index (χ3v) is 1.93. The monoisotopic (exact) mass is 204 g/mol. The number of carbonyl (C=O) groups is 2. The molecular formula is C10H8N2O3. The Balaban J connectivity index is 2.47. The average molecular weight is 204 g/mol. The van der Waals surface area contributed by atoms with Gasteiger partial charge >= 0.3 is 11.9 Å². The lowest BCUT2D eigenvalue weighted by molar-refractivity contribution is -0.135. The van der Waals surface area contributed by atoms with Crippen molar-refractivity contribution in [3.8, 4) is 0 Å². The highest BCUT2D eigenvalue weighted by molar-refractivity contribution is 6.05. The summed E-state index contributed by atoms with van der Waals surface area (Å²) in [6, 6.07) is 5.09. The number of aromatic amines is 1. The van der Waals surface area contributed by atoms with E-state index in [0.29, 0.717) is 11.1 Å². The van der Waals surface area contributed by atoms with Gasteiger partial charge in [-0.05, 0) is 6.07 Å². The minimum Gasteiger partial charge on any atom is -0.390 e. The number of esters is 2. The van der Waals surface area contributed by atoms with Crippen LogP contribution in [0.25, 0.3) is 10.9 Å². The van der Waals surface area contributed by atoms with Crippen LogP contribution in [0.5, 0.6) is 0 Å². The molecule has 5 heteroatoms. The Labute approximate surface area is 85.0 Å². The first-order valence-electron chi connectivity index (χ1n) is 4.33. The standard InChI is InChI=1S/C10H8N2O3/c1-6(13)15-10(14)8-4-2-3-7-5-11-12-9(7)8/h2-5H,1H3,(H,11,12). The molecule has 1 heterocycles. The predicted molar refractivity (Wildman–Crippen MR) is 52.2 cm³/mol. The number of nitrogens with one attached hydrogen (secondary N) is 1. The van der Waals surface area contributed by atoms with Gasteiger partial charge in [0, 0.05) is 12.3 Å². The number of carbonyl (C=O) groups excluding carboxylic acids is 2. The maximum Gasteiger partial charge on any atom is 0.347 e. The zero-order chi connectivity index (χ0) is 10.8. The molecule has 0 aliphatic carbocycles. The Morgan fingerprint density at radius 1 is 1.40 bits per heavy atom. The molecule has 76 valence electrons. The van der Waals surface area contributed by atoms with E-state index in [4.69, 9.17) is 0 Å². The van der Waals surface area contributed by atoms with E-state index < -0.39 is 11.9 Å². The minimum absolute atomic E-state index is 0.306. The van der Waals surface area contributed by atoms with Gasteiger partial charge in [0.2, 0.25) is 0 Å². The van der Waals surface area contributed by atoms with Crippen molar-refractivity contribution in [2.75, 3.05) is 0 Å². The third kappa shape index (κ3) is 1.71. The minimum atomic E-state index is -0.669. The molecule has 0 atom stereocenters. The molecule has 0 spiro atoms. The van der Waals surface area contributed by atoms with Crippen LogP contribution in [0.4, 0.5) is 0 Å². The molecule has 1 aromatic heterocycles. The summed E-state index contributed by atoms with van der Waals surface area (Å²) in [5.41, 5.74) is 0.879. The second-order valence-corrected chi connectivity index (χ2v) is 3.02. The smallest absolute Gasteiger partial charge is 0.347 e. The molecule has 0 saturated carbocycles. The molecule has 0 aliphatic heterocycles. The molecular weight excluding hydrogens is 196 g/mol. The van der Waals surface area contributed by atoms with Gasteiger partial charge in [0.15, 0.2) is 0 Å². The van der Waals surface area contributed by atoms with E-state index in [0.717, 1.165) is 5.39 Å². The van der Waals surface area contributed by atoms with Crippen LogP contribution in [0.1, 0.15) is 17.3 Å². The first kappa shape index (κ1) is 9.39. The first-order valence-corrected chi connectivity index (χ1v) is 4.33. The van der Waals surface area contributed by atoms with Crippen LogP contribution in [0.15, 0.2) is 24.4 Å². The Bertz CT molecular complexity index is 530. The van der Waals surface area contributed by atoms with Crippen molar-refractivity contribution in [1.82, 2.24) is 10.2 Å². The van der Waals surface area contributed by atoms with Gasteiger partial charge in [-0.25, -0.2) is 4.79 Å². The third-order valence-electron chi connectivity index (χ3n) is 1.93. The van der Waals surface area contributed by atoms with Crippen LogP contribution in [-0.4, -0.2) is 22.1 Å². The highest BCUT2D eigenvalue weighted by Crippen LogP contribution is 2.16. The van der Waals surface area contributed by atoms with E-state index in [1.807, 2.05) is 6.07 Å². The molecule has 1 aromatic carbocycles. The first-order chi connectivity index (χ1) is 7.18. The van der Waals surface area contributed by atoms with Crippen molar-refractivity contribution in [3.05, 3.63) is 30.0 Å². The number of ether oxygens (including phenoxy) is 1. The van der Waals surface area contributed by atoms with E-state index >= 15 is 0 Å². The summed E-state index contributed by atoms with van der Waals surface area (Å²) in [4.78, 5) is 22.1. The van der Waals surface area contributed by atoms with Crippen LogP contribution < -0.4 is 0 Å². The number of rotatable bonds is 1. The maximum atomic E-state index is 11.5. The lowest BCUT2D eigenvalue weighted by atomic mass is 10.1. The van der Waals surface area contributed by atoms with E-state index in [2.05, 4.69) is 14.9 Å². The summed E-state index contributed by atoms with van der Waals surface area (Å²) in [6.45, 7) is 1.19. The lowest BCUT2D eigenvalue weighted by Gasteiger charge is -2.00. The SMILES string of the molecule is CC(=O)OC(=O)c1cccc2cn[nH]c12. The van der Waals surface area contributed by atoms with Gasteiger partial charge in [0.05, 0.1) is 17.3 Å². The van der Waals surface area contributed by atoms with Crippen LogP contribution >= 0.6 is 0 Å². The Morgan fingerprint density at radius 2 is 2.20 bits per heavy atom. The number of hydrogen-bond acceptors (Lipinski definition) is 4. The summed E-state index contributed by atoms with van der Waals surface area (Å²) in [5, 5.41) is 7.29. The zero-order valence-corrected chi connectivity index (χ0v) is 7.98. The summed E-state index contributed by atoms with van der Waals surface area (Å²) in [7, 11) is 0. The summed E-state index contributed by atoms with van der Waals surface area (Å²) < 4.78 is 4.49. The van der Waals surface area contributed by atoms with Crippen molar-refractivity contribution in [2.24, 2.45) is 0 Å². The summed E-state index contributed by atoms with van der Waals surface area (Å²) >= 11 is 0. The van der Waals surface area contributed by atoms with Gasteiger partial charge < -0.3 is 4.74 Å². The fraction of sp³-hybridized carbons (Fsp3) is 0.100. The predicted octanol–water partition coefficient (Wildman–Crippen LogP) is 1.27. The van der Waals surface area contributed by atoms with Crippen molar-refractivity contribution < 1.29 is 14.3 Å². The average Bonchev–Trinajstić information content (AvgIpc) is 2.63. The fourth-order valence-electron chi connectivity index (χ4n) is 1.32. The van der Waals surface area contributed by atoms with E-state index in [1.165, 1.54) is 6.92 Å². The molecule has 5 nitrogen and oxygen atoms in total. The van der Waals surface area contributed by atoms with Crippen molar-refractivity contribution in [1.29, 1.82) is 0 Å². The van der Waals surface area contributed by atoms with Crippen molar-refractivity contribution in [2.45, 2.75) is 6.92 Å². The van der Waals surface area contributed by atoms with Gasteiger partial charge in [-0.3, -0.25) is 9.89 Å². The molecule has 2 aromatic rings. The van der Waals surface area contributed by atoms with Gasteiger partial charge in [-0.1, -0.05) is 12.1 Å². The molecule has 0 fully saturated rings. The second-order valence-electron chi connectivity index (χ2n) is 3.02. The summed E-state index contributed by atoms with van der Waals surface area (Å²) in [6.07, 6.45) is 1.60. The van der Waals surface area contributed by atoms with E-state index in [-0.39, 0.29) is 0 Å². The van der Waals surface area contributed by atoms with Gasteiger partial charge in [-0.2, -0.15) is 5.10 Å². The van der Waals surface area contributed by atoms with Crippen LogP contribution in [0, 0.1) is 0 Å². The van der Waals surface area contributed by atoms with E-state index in [1.54, 1.807) is 18.3 Å². The topological polar surface area (TPSA) is 72.1 Å². The summed E-state index contributed by atoms with van der Waals surface area (Å²) in [5.74, 6) is -1.30. The normalized spacial score (nSPS) is 10.2. The Morgan fingerprint density at radius 3 is 2.93 bits per heavy atom.